The maximum Gasteiger partial charge on any atom is 0.231 e. The molecule has 0 bridgehead atoms. The lowest BCUT2D eigenvalue weighted by Crippen LogP contribution is -2.36. The molecule has 1 aliphatic rings. The van der Waals surface area contributed by atoms with Gasteiger partial charge in [-0.2, -0.15) is 0 Å². The van der Waals surface area contributed by atoms with Crippen molar-refractivity contribution in [1.82, 2.24) is 4.98 Å². The summed E-state index contributed by atoms with van der Waals surface area (Å²) in [4.78, 5) is 19.7. The molecule has 6 heteroatoms. The summed E-state index contributed by atoms with van der Waals surface area (Å²) in [7, 11) is 0. The van der Waals surface area contributed by atoms with Gasteiger partial charge in [0, 0.05) is 32.9 Å². The quantitative estimate of drug-likeness (QED) is 0.780. The average molecular weight is 384 g/mol. The number of hydrogen-bond acceptors (Lipinski definition) is 3. The van der Waals surface area contributed by atoms with Gasteiger partial charge in [-0.3, -0.25) is 9.78 Å². The fraction of sp³-hybridized carbons (Fsp3) is 0.200. The number of rotatable bonds is 2. The van der Waals surface area contributed by atoms with Gasteiger partial charge < -0.3 is 4.90 Å². The molecular weight excluding hydrogens is 372 g/mol. The molecule has 0 unspecified atom stereocenters. The molecule has 0 aliphatic carbocycles. The van der Waals surface area contributed by atoms with Gasteiger partial charge >= 0.3 is 0 Å². The Balaban J connectivity index is 1.85. The first-order valence-electron chi connectivity index (χ1n) is 6.46. The molecule has 3 nitrogen and oxygen atoms in total. The summed E-state index contributed by atoms with van der Waals surface area (Å²) in [6.07, 6.45) is 3.83. The molecule has 3 rings (SSSR count). The number of nitrogens with zero attached hydrogens (tertiary/aromatic N) is 2. The monoisotopic (exact) mass is 382 g/mol. The molecule has 0 spiro atoms. The number of benzene rings is 1. The zero-order chi connectivity index (χ0) is 14.8. The van der Waals surface area contributed by atoms with Crippen LogP contribution >= 0.6 is 39.3 Å². The van der Waals surface area contributed by atoms with E-state index in [4.69, 9.17) is 11.6 Å². The maximum atomic E-state index is 12.6. The molecule has 0 saturated heterocycles. The van der Waals surface area contributed by atoms with E-state index >= 15 is 0 Å². The molecule has 108 valence electrons. The molecule has 0 radical (unpaired) electrons. The van der Waals surface area contributed by atoms with Crippen molar-refractivity contribution in [2.45, 2.75) is 11.3 Å². The predicted octanol–water partition coefficient (Wildman–Crippen LogP) is 4.18. The summed E-state index contributed by atoms with van der Waals surface area (Å²) in [5, 5.41) is 0.636. The Bertz CT molecular complexity index is 695. The van der Waals surface area contributed by atoms with Crippen LogP contribution in [-0.4, -0.2) is 23.2 Å². The number of anilines is 1. The minimum Gasteiger partial charge on any atom is -0.309 e. The Kier molecular flexibility index (Phi) is 4.52. The Morgan fingerprint density at radius 2 is 2.29 bits per heavy atom. The van der Waals surface area contributed by atoms with E-state index in [0.29, 0.717) is 18.0 Å². The second kappa shape index (κ2) is 6.38. The number of carbonyl (C=O) groups is 1. The van der Waals surface area contributed by atoms with Crippen LogP contribution in [0.5, 0.6) is 0 Å². The standard InChI is InChI=1S/C15H12BrClN2OS/c16-12-2-1-11(17)7-10(12)8-15(20)19-5-6-21-14-3-4-18-9-13(14)19/h1-4,7,9H,5-6,8H2. The molecule has 0 N–H and O–H groups in total. The summed E-state index contributed by atoms with van der Waals surface area (Å²) in [6, 6.07) is 7.45. The van der Waals surface area contributed by atoms with Gasteiger partial charge in [0.2, 0.25) is 5.91 Å². The minimum absolute atomic E-state index is 0.0625. The van der Waals surface area contributed by atoms with Gasteiger partial charge in [-0.15, -0.1) is 11.8 Å². The minimum atomic E-state index is 0.0625. The molecule has 0 saturated carbocycles. The van der Waals surface area contributed by atoms with Crippen LogP contribution in [0.4, 0.5) is 5.69 Å². The maximum absolute atomic E-state index is 12.6. The Morgan fingerprint density at radius 1 is 1.43 bits per heavy atom. The largest absolute Gasteiger partial charge is 0.309 e. The van der Waals surface area contributed by atoms with E-state index in [0.717, 1.165) is 26.4 Å². The lowest BCUT2D eigenvalue weighted by atomic mass is 10.1. The summed E-state index contributed by atoms with van der Waals surface area (Å²) in [5.74, 6) is 0.965. The third-order valence-corrected chi connectivity index (χ3v) is 5.33. The van der Waals surface area contributed by atoms with Crippen LogP contribution in [0, 0.1) is 0 Å². The highest BCUT2D eigenvalue weighted by molar-refractivity contribution is 9.10. The van der Waals surface area contributed by atoms with Crippen LogP contribution in [0.3, 0.4) is 0 Å². The summed E-state index contributed by atoms with van der Waals surface area (Å²) < 4.78 is 0.901. The van der Waals surface area contributed by atoms with Gasteiger partial charge in [-0.25, -0.2) is 0 Å². The number of halogens is 2. The van der Waals surface area contributed by atoms with E-state index < -0.39 is 0 Å². The van der Waals surface area contributed by atoms with Crippen LogP contribution in [0.2, 0.25) is 5.02 Å². The molecule has 1 amide bonds. The van der Waals surface area contributed by atoms with Crippen LogP contribution in [-0.2, 0) is 11.2 Å². The molecule has 2 aromatic rings. The molecule has 0 atom stereocenters. The molecule has 2 heterocycles. The number of hydrogen-bond donors (Lipinski definition) is 0. The second-order valence-electron chi connectivity index (χ2n) is 4.65. The summed E-state index contributed by atoms with van der Waals surface area (Å²) >= 11 is 11.2. The predicted molar refractivity (Wildman–Crippen MR) is 90.2 cm³/mol. The fourth-order valence-electron chi connectivity index (χ4n) is 2.26. The number of fused-ring (bicyclic) bond motifs is 1. The van der Waals surface area contributed by atoms with Gasteiger partial charge in [0.05, 0.1) is 18.3 Å². The first-order valence-corrected chi connectivity index (χ1v) is 8.62. The lowest BCUT2D eigenvalue weighted by molar-refractivity contribution is -0.118. The molecule has 0 fully saturated rings. The highest BCUT2D eigenvalue weighted by Crippen LogP contribution is 2.34. The second-order valence-corrected chi connectivity index (χ2v) is 7.08. The number of thioether (sulfide) groups is 1. The van der Waals surface area contributed by atoms with Crippen molar-refractivity contribution in [2.24, 2.45) is 0 Å². The molecule has 1 aromatic heterocycles. The average Bonchev–Trinajstić information content (AvgIpc) is 2.50. The Hall–Kier alpha value is -1.04. The lowest BCUT2D eigenvalue weighted by Gasteiger charge is -2.28. The Labute approximate surface area is 140 Å². The van der Waals surface area contributed by atoms with Crippen molar-refractivity contribution in [1.29, 1.82) is 0 Å². The van der Waals surface area contributed by atoms with Crippen molar-refractivity contribution >= 4 is 50.9 Å². The van der Waals surface area contributed by atoms with Crippen molar-refractivity contribution in [3.63, 3.8) is 0 Å². The van der Waals surface area contributed by atoms with Crippen LogP contribution in [0.1, 0.15) is 5.56 Å². The van der Waals surface area contributed by atoms with Crippen molar-refractivity contribution in [3.05, 3.63) is 51.7 Å². The van der Waals surface area contributed by atoms with Gasteiger partial charge in [-0.1, -0.05) is 27.5 Å². The molecule has 21 heavy (non-hydrogen) atoms. The smallest absolute Gasteiger partial charge is 0.231 e. The van der Waals surface area contributed by atoms with Crippen molar-refractivity contribution in [2.75, 3.05) is 17.2 Å². The molecule has 1 aromatic carbocycles. The third kappa shape index (κ3) is 3.25. The normalized spacial score (nSPS) is 13.9. The van der Waals surface area contributed by atoms with E-state index in [-0.39, 0.29) is 5.91 Å². The first-order chi connectivity index (χ1) is 10.1. The fourth-order valence-corrected chi connectivity index (χ4v) is 3.80. The molecule has 1 aliphatic heterocycles. The van der Waals surface area contributed by atoms with Crippen LogP contribution < -0.4 is 4.90 Å². The number of aromatic nitrogens is 1. The van der Waals surface area contributed by atoms with Crippen LogP contribution in [0.15, 0.2) is 46.0 Å². The first kappa shape index (κ1) is 14.9. The third-order valence-electron chi connectivity index (χ3n) is 3.27. The summed E-state index contributed by atoms with van der Waals surface area (Å²) in [6.45, 7) is 0.709. The zero-order valence-corrected chi connectivity index (χ0v) is 14.2. The van der Waals surface area contributed by atoms with Gasteiger partial charge in [0.25, 0.3) is 0 Å². The topological polar surface area (TPSA) is 33.2 Å². The number of amides is 1. The highest BCUT2D eigenvalue weighted by Gasteiger charge is 2.23. The molecular formula is C15H12BrClN2OS. The number of pyridine rings is 1. The van der Waals surface area contributed by atoms with E-state index in [1.54, 1.807) is 30.2 Å². The zero-order valence-electron chi connectivity index (χ0n) is 11.1. The van der Waals surface area contributed by atoms with Gasteiger partial charge in [0.1, 0.15) is 0 Å². The van der Waals surface area contributed by atoms with Gasteiger partial charge in [-0.05, 0) is 29.8 Å². The van der Waals surface area contributed by atoms with E-state index in [9.17, 15) is 4.79 Å². The van der Waals surface area contributed by atoms with Crippen molar-refractivity contribution in [3.8, 4) is 0 Å². The Morgan fingerprint density at radius 3 is 3.14 bits per heavy atom. The van der Waals surface area contributed by atoms with E-state index in [1.165, 1.54) is 0 Å². The summed E-state index contributed by atoms with van der Waals surface area (Å²) in [5.41, 5.74) is 1.80. The van der Waals surface area contributed by atoms with Crippen molar-refractivity contribution < 1.29 is 4.79 Å². The van der Waals surface area contributed by atoms with E-state index in [2.05, 4.69) is 20.9 Å². The van der Waals surface area contributed by atoms with Crippen LogP contribution in [0.25, 0.3) is 0 Å². The highest BCUT2D eigenvalue weighted by atomic mass is 79.9. The SMILES string of the molecule is O=C(Cc1cc(Cl)ccc1Br)N1CCSc2ccncc21. The van der Waals surface area contributed by atoms with E-state index in [1.807, 2.05) is 23.1 Å². The number of carbonyl (C=O) groups excluding carboxylic acids is 1. The van der Waals surface area contributed by atoms with Gasteiger partial charge in [0.15, 0.2) is 0 Å².